The summed E-state index contributed by atoms with van der Waals surface area (Å²) in [6.07, 6.45) is 5.48. The van der Waals surface area contributed by atoms with Crippen LogP contribution in [0.2, 0.25) is 0 Å². The molecule has 1 aromatic rings. The van der Waals surface area contributed by atoms with E-state index in [0.717, 1.165) is 5.69 Å². The van der Waals surface area contributed by atoms with Gasteiger partial charge in [-0.15, -0.1) is 16.7 Å². The van der Waals surface area contributed by atoms with Crippen LogP contribution in [-0.2, 0) is 7.05 Å². The molecule has 0 aliphatic rings. The Bertz CT molecular complexity index is 252. The SMILES string of the molecule is CC(Cl)/C=C/c1cnnn1C. The molecule has 1 aromatic heterocycles. The van der Waals surface area contributed by atoms with Crippen molar-refractivity contribution in [3.63, 3.8) is 0 Å². The van der Waals surface area contributed by atoms with Crippen LogP contribution >= 0.6 is 11.6 Å². The summed E-state index contributed by atoms with van der Waals surface area (Å²) in [5.41, 5.74) is 0.956. The number of allylic oxidation sites excluding steroid dienone is 1. The van der Waals surface area contributed by atoms with Gasteiger partial charge in [0, 0.05) is 12.4 Å². The highest BCUT2D eigenvalue weighted by Gasteiger charge is 1.93. The zero-order chi connectivity index (χ0) is 8.27. The average molecular weight is 172 g/mol. The maximum atomic E-state index is 5.71. The number of alkyl halides is 1. The molecule has 0 N–H and O–H groups in total. The average Bonchev–Trinajstić information content (AvgIpc) is 2.31. The van der Waals surface area contributed by atoms with Crippen LogP contribution in [-0.4, -0.2) is 20.4 Å². The van der Waals surface area contributed by atoms with Gasteiger partial charge in [0.15, 0.2) is 0 Å². The Hall–Kier alpha value is -0.830. The molecule has 1 unspecified atom stereocenters. The fourth-order valence-corrected chi connectivity index (χ4v) is 0.752. The van der Waals surface area contributed by atoms with Crippen LogP contribution in [0.4, 0.5) is 0 Å². The third kappa shape index (κ3) is 2.35. The molecule has 0 saturated heterocycles. The van der Waals surface area contributed by atoms with E-state index in [1.165, 1.54) is 0 Å². The molecule has 0 aliphatic heterocycles. The van der Waals surface area contributed by atoms with Crippen LogP contribution in [0.1, 0.15) is 12.6 Å². The molecule has 0 aliphatic carbocycles. The zero-order valence-corrected chi connectivity index (χ0v) is 7.28. The van der Waals surface area contributed by atoms with Gasteiger partial charge < -0.3 is 0 Å². The first-order chi connectivity index (χ1) is 5.20. The van der Waals surface area contributed by atoms with Crippen molar-refractivity contribution in [3.8, 4) is 0 Å². The lowest BCUT2D eigenvalue weighted by atomic mass is 10.3. The maximum Gasteiger partial charge on any atom is 0.0807 e. The summed E-state index contributed by atoms with van der Waals surface area (Å²) < 4.78 is 1.69. The maximum absolute atomic E-state index is 5.71. The largest absolute Gasteiger partial charge is 0.248 e. The third-order valence-corrected chi connectivity index (χ3v) is 1.43. The molecule has 4 heteroatoms. The Kier molecular flexibility index (Phi) is 2.65. The molecule has 1 heterocycles. The minimum atomic E-state index is 0.0462. The summed E-state index contributed by atoms with van der Waals surface area (Å²) in [6.45, 7) is 1.90. The van der Waals surface area contributed by atoms with Gasteiger partial charge in [-0.3, -0.25) is 0 Å². The molecule has 0 aromatic carbocycles. The monoisotopic (exact) mass is 171 g/mol. The Labute approximate surface area is 70.7 Å². The topological polar surface area (TPSA) is 30.7 Å². The van der Waals surface area contributed by atoms with Gasteiger partial charge in [-0.05, 0) is 13.0 Å². The van der Waals surface area contributed by atoms with Crippen molar-refractivity contribution in [2.24, 2.45) is 7.05 Å². The first-order valence-electron chi connectivity index (χ1n) is 3.37. The molecular formula is C7H10ClN3. The van der Waals surface area contributed by atoms with Crippen LogP contribution in [0.5, 0.6) is 0 Å². The summed E-state index contributed by atoms with van der Waals surface area (Å²) in [5.74, 6) is 0. The molecule has 3 nitrogen and oxygen atoms in total. The number of hydrogen-bond acceptors (Lipinski definition) is 2. The summed E-state index contributed by atoms with van der Waals surface area (Å²) in [7, 11) is 1.84. The van der Waals surface area contributed by atoms with Crippen LogP contribution in [0.3, 0.4) is 0 Å². The number of hydrogen-bond donors (Lipinski definition) is 0. The van der Waals surface area contributed by atoms with Crippen LogP contribution in [0.25, 0.3) is 6.08 Å². The van der Waals surface area contributed by atoms with Crippen molar-refractivity contribution in [1.82, 2.24) is 15.0 Å². The van der Waals surface area contributed by atoms with Crippen molar-refractivity contribution < 1.29 is 0 Å². The molecule has 0 fully saturated rings. The molecule has 0 amide bonds. The summed E-state index contributed by atoms with van der Waals surface area (Å²) in [4.78, 5) is 0. The van der Waals surface area contributed by atoms with E-state index >= 15 is 0 Å². The summed E-state index contributed by atoms with van der Waals surface area (Å²) >= 11 is 5.71. The molecule has 0 saturated carbocycles. The van der Waals surface area contributed by atoms with Gasteiger partial charge in [-0.1, -0.05) is 11.3 Å². The number of nitrogens with zero attached hydrogens (tertiary/aromatic N) is 3. The van der Waals surface area contributed by atoms with Crippen molar-refractivity contribution in [1.29, 1.82) is 0 Å². The molecule has 1 atom stereocenters. The van der Waals surface area contributed by atoms with E-state index in [1.807, 2.05) is 26.1 Å². The van der Waals surface area contributed by atoms with E-state index in [0.29, 0.717) is 0 Å². The highest BCUT2D eigenvalue weighted by Crippen LogP contribution is 2.01. The van der Waals surface area contributed by atoms with Gasteiger partial charge in [0.05, 0.1) is 11.9 Å². The van der Waals surface area contributed by atoms with Crippen molar-refractivity contribution in [3.05, 3.63) is 18.0 Å². The van der Waals surface area contributed by atoms with E-state index in [-0.39, 0.29) is 5.38 Å². The van der Waals surface area contributed by atoms with Gasteiger partial charge in [0.2, 0.25) is 0 Å². The molecule has 0 bridgehead atoms. The number of aromatic nitrogens is 3. The van der Waals surface area contributed by atoms with E-state index in [4.69, 9.17) is 11.6 Å². The van der Waals surface area contributed by atoms with Crippen molar-refractivity contribution in [2.45, 2.75) is 12.3 Å². The van der Waals surface area contributed by atoms with Gasteiger partial charge in [0.1, 0.15) is 0 Å². The Balaban J connectivity index is 2.71. The van der Waals surface area contributed by atoms with E-state index in [1.54, 1.807) is 10.9 Å². The first kappa shape index (κ1) is 8.27. The van der Waals surface area contributed by atoms with Gasteiger partial charge in [-0.2, -0.15) is 0 Å². The molecule has 60 valence electrons. The molecule has 1 rings (SSSR count). The third-order valence-electron chi connectivity index (χ3n) is 1.28. The van der Waals surface area contributed by atoms with Gasteiger partial charge in [-0.25, -0.2) is 4.68 Å². The van der Waals surface area contributed by atoms with Crippen LogP contribution < -0.4 is 0 Å². The lowest BCUT2D eigenvalue weighted by molar-refractivity contribution is 0.709. The second-order valence-corrected chi connectivity index (χ2v) is 3.01. The molecular weight excluding hydrogens is 162 g/mol. The quantitative estimate of drug-likeness (QED) is 0.631. The highest BCUT2D eigenvalue weighted by molar-refractivity contribution is 6.21. The second-order valence-electron chi connectivity index (χ2n) is 2.32. The number of halogens is 1. The predicted molar refractivity (Wildman–Crippen MR) is 45.4 cm³/mol. The Morgan fingerprint density at radius 3 is 2.91 bits per heavy atom. The van der Waals surface area contributed by atoms with Crippen LogP contribution in [0, 0.1) is 0 Å². The molecule has 0 radical (unpaired) electrons. The highest BCUT2D eigenvalue weighted by atomic mass is 35.5. The Morgan fingerprint density at radius 2 is 2.45 bits per heavy atom. The fraction of sp³-hybridized carbons (Fsp3) is 0.429. The lowest BCUT2D eigenvalue weighted by Crippen LogP contribution is -1.93. The van der Waals surface area contributed by atoms with E-state index in [9.17, 15) is 0 Å². The minimum absolute atomic E-state index is 0.0462. The van der Waals surface area contributed by atoms with E-state index in [2.05, 4.69) is 10.3 Å². The first-order valence-corrected chi connectivity index (χ1v) is 3.81. The smallest absolute Gasteiger partial charge is 0.0807 e. The summed E-state index contributed by atoms with van der Waals surface area (Å²) in [6, 6.07) is 0. The number of rotatable bonds is 2. The lowest BCUT2D eigenvalue weighted by Gasteiger charge is -1.92. The minimum Gasteiger partial charge on any atom is -0.248 e. The van der Waals surface area contributed by atoms with Gasteiger partial charge >= 0.3 is 0 Å². The fourth-order valence-electron chi connectivity index (χ4n) is 0.680. The Morgan fingerprint density at radius 1 is 1.73 bits per heavy atom. The normalized spacial score (nSPS) is 14.1. The standard InChI is InChI=1S/C7H10ClN3/c1-6(8)3-4-7-5-9-10-11(7)2/h3-6H,1-2H3/b4-3+. The predicted octanol–water partition coefficient (Wildman–Crippen LogP) is 1.46. The summed E-state index contributed by atoms with van der Waals surface area (Å²) in [5, 5.41) is 7.53. The second kappa shape index (κ2) is 3.53. The van der Waals surface area contributed by atoms with Gasteiger partial charge in [0.25, 0.3) is 0 Å². The molecule has 11 heavy (non-hydrogen) atoms. The zero-order valence-electron chi connectivity index (χ0n) is 6.53. The van der Waals surface area contributed by atoms with Crippen LogP contribution in [0.15, 0.2) is 12.3 Å². The molecule has 0 spiro atoms. The van der Waals surface area contributed by atoms with E-state index < -0.39 is 0 Å². The van der Waals surface area contributed by atoms with Crippen molar-refractivity contribution in [2.75, 3.05) is 0 Å². The van der Waals surface area contributed by atoms with Crippen molar-refractivity contribution >= 4 is 17.7 Å². The number of aryl methyl sites for hydroxylation is 1.